The van der Waals surface area contributed by atoms with Gasteiger partial charge in [0.25, 0.3) is 0 Å². The van der Waals surface area contributed by atoms with Crippen LogP contribution in [-0.4, -0.2) is 19.4 Å². The van der Waals surface area contributed by atoms with Crippen LogP contribution < -0.4 is 4.18 Å². The fourth-order valence-electron chi connectivity index (χ4n) is 1.44. The molecule has 0 fully saturated rings. The summed E-state index contributed by atoms with van der Waals surface area (Å²) in [5, 5.41) is 3.50. The maximum Gasteiger partial charge on any atom is 0.315 e. The highest BCUT2D eigenvalue weighted by Gasteiger charge is 2.16. The van der Waals surface area contributed by atoms with Crippen molar-refractivity contribution >= 4 is 15.9 Å². The Labute approximate surface area is 110 Å². The summed E-state index contributed by atoms with van der Waals surface area (Å²) in [6.07, 6.45) is 1.28. The molecule has 0 amide bonds. The molecule has 0 radical (unpaired) electrons. The second-order valence-corrected chi connectivity index (χ2v) is 5.43. The molecular weight excluding hydrogens is 270 g/mol. The number of carbonyl (C=O) groups excluding carboxylic acids is 1. The van der Waals surface area contributed by atoms with Crippen LogP contribution in [0.15, 0.2) is 41.1 Å². The van der Waals surface area contributed by atoms with Crippen molar-refractivity contribution < 1.29 is 21.9 Å². The van der Waals surface area contributed by atoms with Gasteiger partial charge in [-0.25, -0.2) is 0 Å². The van der Waals surface area contributed by atoms with Crippen LogP contribution in [0.1, 0.15) is 23.0 Å². The minimum absolute atomic E-state index is 0.0937. The summed E-state index contributed by atoms with van der Waals surface area (Å²) in [7, 11) is -3.83. The summed E-state index contributed by atoms with van der Waals surface area (Å²) >= 11 is 0. The third kappa shape index (κ3) is 3.65. The van der Waals surface area contributed by atoms with Crippen molar-refractivity contribution in [1.29, 1.82) is 0 Å². The summed E-state index contributed by atoms with van der Waals surface area (Å²) in [4.78, 5) is 11.2. The zero-order valence-corrected chi connectivity index (χ0v) is 10.9. The van der Waals surface area contributed by atoms with Crippen LogP contribution in [0.5, 0.6) is 5.75 Å². The smallest absolute Gasteiger partial charge is 0.315 e. The standard InChI is InChI=1S/C12H11NO5S/c1-9(14)10-3-2-4-12(7-10)18-19(15,16)8-11-5-6-17-13-11/h2-7H,8H2,1H3. The van der Waals surface area contributed by atoms with Crippen molar-refractivity contribution in [1.82, 2.24) is 5.16 Å². The van der Waals surface area contributed by atoms with Gasteiger partial charge >= 0.3 is 10.1 Å². The summed E-state index contributed by atoms with van der Waals surface area (Å²) in [6.45, 7) is 1.39. The van der Waals surface area contributed by atoms with Crippen LogP contribution in [0, 0.1) is 0 Å². The summed E-state index contributed by atoms with van der Waals surface area (Å²) in [6, 6.07) is 7.42. The summed E-state index contributed by atoms with van der Waals surface area (Å²) in [5.41, 5.74) is 0.636. The molecule has 0 unspecified atom stereocenters. The fraction of sp³-hybridized carbons (Fsp3) is 0.167. The van der Waals surface area contributed by atoms with Gasteiger partial charge < -0.3 is 8.71 Å². The molecule has 1 heterocycles. The van der Waals surface area contributed by atoms with Crippen LogP contribution in [0.2, 0.25) is 0 Å². The highest BCUT2D eigenvalue weighted by Crippen LogP contribution is 2.17. The monoisotopic (exact) mass is 281 g/mol. The van der Waals surface area contributed by atoms with Crippen LogP contribution in [-0.2, 0) is 15.9 Å². The third-order valence-electron chi connectivity index (χ3n) is 2.28. The highest BCUT2D eigenvalue weighted by atomic mass is 32.2. The van der Waals surface area contributed by atoms with E-state index in [9.17, 15) is 13.2 Å². The molecular formula is C12H11NO5S. The Morgan fingerprint density at radius 3 is 2.79 bits per heavy atom. The van der Waals surface area contributed by atoms with E-state index < -0.39 is 15.9 Å². The molecule has 0 bridgehead atoms. The molecule has 100 valence electrons. The molecule has 2 aromatic rings. The first kappa shape index (κ1) is 13.3. The van der Waals surface area contributed by atoms with Crippen LogP contribution >= 0.6 is 0 Å². The highest BCUT2D eigenvalue weighted by molar-refractivity contribution is 7.86. The minimum Gasteiger partial charge on any atom is -0.382 e. The van der Waals surface area contributed by atoms with Gasteiger partial charge in [-0.3, -0.25) is 4.79 Å². The van der Waals surface area contributed by atoms with Gasteiger partial charge in [0.15, 0.2) is 5.78 Å². The SMILES string of the molecule is CC(=O)c1cccc(OS(=O)(=O)Cc2ccon2)c1. The average Bonchev–Trinajstić information content (AvgIpc) is 2.80. The molecule has 0 aliphatic rings. The average molecular weight is 281 g/mol. The third-order valence-corrected chi connectivity index (χ3v) is 3.38. The quantitative estimate of drug-likeness (QED) is 0.613. The lowest BCUT2D eigenvalue weighted by Gasteiger charge is -2.06. The van der Waals surface area contributed by atoms with E-state index in [0.29, 0.717) is 5.56 Å². The second-order valence-electron chi connectivity index (χ2n) is 3.86. The van der Waals surface area contributed by atoms with Crippen molar-refractivity contribution in [2.45, 2.75) is 12.7 Å². The predicted molar refractivity (Wildman–Crippen MR) is 66.2 cm³/mol. The molecule has 0 saturated heterocycles. The van der Waals surface area contributed by atoms with Crippen molar-refractivity contribution in [2.24, 2.45) is 0 Å². The first-order valence-electron chi connectivity index (χ1n) is 5.39. The maximum absolute atomic E-state index is 11.8. The predicted octanol–water partition coefficient (Wildman–Crippen LogP) is 1.79. The molecule has 1 aromatic carbocycles. The molecule has 0 aliphatic carbocycles. The molecule has 0 atom stereocenters. The lowest BCUT2D eigenvalue weighted by Crippen LogP contribution is -2.12. The number of hydrogen-bond donors (Lipinski definition) is 0. The molecule has 0 N–H and O–H groups in total. The van der Waals surface area contributed by atoms with E-state index >= 15 is 0 Å². The van der Waals surface area contributed by atoms with E-state index in [0.717, 1.165) is 0 Å². The van der Waals surface area contributed by atoms with E-state index in [1.807, 2.05) is 0 Å². The van der Waals surface area contributed by atoms with E-state index in [1.54, 1.807) is 12.1 Å². The number of hydrogen-bond acceptors (Lipinski definition) is 6. The Bertz CT molecular complexity index is 676. The molecule has 7 heteroatoms. The number of Topliss-reactive ketones (excluding diaryl/α,β-unsaturated/α-hetero) is 1. The normalized spacial score (nSPS) is 11.2. The van der Waals surface area contributed by atoms with Gasteiger partial charge in [0.1, 0.15) is 23.5 Å². The number of carbonyl (C=O) groups is 1. The van der Waals surface area contributed by atoms with Crippen LogP contribution in [0.25, 0.3) is 0 Å². The number of ketones is 1. The van der Waals surface area contributed by atoms with Crippen LogP contribution in [0.3, 0.4) is 0 Å². The topological polar surface area (TPSA) is 86.5 Å². The zero-order chi connectivity index (χ0) is 13.9. The van der Waals surface area contributed by atoms with Crippen LogP contribution in [0.4, 0.5) is 0 Å². The van der Waals surface area contributed by atoms with E-state index in [-0.39, 0.29) is 17.2 Å². The van der Waals surface area contributed by atoms with Crippen molar-refractivity contribution in [3.05, 3.63) is 47.9 Å². The van der Waals surface area contributed by atoms with Gasteiger partial charge in [-0.1, -0.05) is 17.3 Å². The molecule has 0 spiro atoms. The first-order valence-corrected chi connectivity index (χ1v) is 6.96. The number of nitrogens with zero attached hydrogens (tertiary/aromatic N) is 1. The number of rotatable bonds is 5. The Morgan fingerprint density at radius 1 is 1.37 bits per heavy atom. The molecule has 0 aliphatic heterocycles. The Hall–Kier alpha value is -2.15. The van der Waals surface area contributed by atoms with Gasteiger partial charge in [-0.15, -0.1) is 0 Å². The lowest BCUT2D eigenvalue weighted by molar-refractivity contribution is 0.101. The summed E-state index contributed by atoms with van der Waals surface area (Å²) < 4.78 is 33.0. The maximum atomic E-state index is 11.8. The van der Waals surface area contributed by atoms with E-state index in [4.69, 9.17) is 4.18 Å². The fourth-order valence-corrected chi connectivity index (χ4v) is 2.40. The second kappa shape index (κ2) is 5.23. The summed E-state index contributed by atoms with van der Waals surface area (Å²) in [5.74, 6) is -0.469. The van der Waals surface area contributed by atoms with Crippen molar-refractivity contribution in [2.75, 3.05) is 0 Å². The largest absolute Gasteiger partial charge is 0.382 e. The van der Waals surface area contributed by atoms with Gasteiger partial charge in [0.2, 0.25) is 0 Å². The van der Waals surface area contributed by atoms with Gasteiger partial charge in [-0.05, 0) is 19.1 Å². The Kier molecular flexibility index (Phi) is 3.66. The molecule has 0 saturated carbocycles. The number of benzene rings is 1. The Morgan fingerprint density at radius 2 is 2.16 bits per heavy atom. The minimum atomic E-state index is -3.83. The first-order chi connectivity index (χ1) is 8.96. The van der Waals surface area contributed by atoms with Gasteiger partial charge in [0, 0.05) is 11.6 Å². The van der Waals surface area contributed by atoms with Gasteiger partial charge in [0.05, 0.1) is 0 Å². The van der Waals surface area contributed by atoms with E-state index in [1.165, 1.54) is 31.4 Å². The molecule has 1 aromatic heterocycles. The lowest BCUT2D eigenvalue weighted by atomic mass is 10.1. The van der Waals surface area contributed by atoms with Crippen molar-refractivity contribution in [3.63, 3.8) is 0 Å². The molecule has 19 heavy (non-hydrogen) atoms. The van der Waals surface area contributed by atoms with E-state index in [2.05, 4.69) is 9.68 Å². The molecule has 2 rings (SSSR count). The Balaban J connectivity index is 2.16. The number of aromatic nitrogens is 1. The van der Waals surface area contributed by atoms with Crippen molar-refractivity contribution in [3.8, 4) is 5.75 Å². The zero-order valence-electron chi connectivity index (χ0n) is 10.1. The molecule has 6 nitrogen and oxygen atoms in total. The van der Waals surface area contributed by atoms with Gasteiger partial charge in [-0.2, -0.15) is 8.42 Å².